The average molecular weight is 578 g/mol. The van der Waals surface area contributed by atoms with Crippen LogP contribution in [0.4, 0.5) is 5.69 Å². The van der Waals surface area contributed by atoms with E-state index in [4.69, 9.17) is 39.4 Å². The number of hydrogen-bond acceptors (Lipinski definition) is 7. The number of likely N-dealkylation sites (tertiary alicyclic amines) is 1. The lowest BCUT2D eigenvalue weighted by Gasteiger charge is -2.32. The van der Waals surface area contributed by atoms with Gasteiger partial charge in [-0.25, -0.2) is 0 Å². The number of rotatable bonds is 7. The number of carbonyl (C=O) groups is 1. The van der Waals surface area contributed by atoms with E-state index in [1.165, 1.54) is 0 Å². The third-order valence-electron chi connectivity index (χ3n) is 6.10. The van der Waals surface area contributed by atoms with Crippen LogP contribution in [0.2, 0.25) is 10.0 Å². The highest BCUT2D eigenvalue weighted by atomic mass is 35.5. The van der Waals surface area contributed by atoms with Gasteiger partial charge in [-0.05, 0) is 54.8 Å². The van der Waals surface area contributed by atoms with Crippen molar-refractivity contribution in [2.75, 3.05) is 38.6 Å². The summed E-state index contributed by atoms with van der Waals surface area (Å²) in [5.74, 6) is 1.42. The molecule has 0 spiro atoms. The van der Waals surface area contributed by atoms with Crippen molar-refractivity contribution >= 4 is 34.8 Å². The molecule has 0 atom stereocenters. The predicted molar refractivity (Wildman–Crippen MR) is 163 cm³/mol. The van der Waals surface area contributed by atoms with E-state index >= 15 is 0 Å². The number of ether oxygens (including phenoxy) is 1. The number of amides is 1. The summed E-state index contributed by atoms with van der Waals surface area (Å²) in [6, 6.07) is 10.7. The van der Waals surface area contributed by atoms with Crippen LogP contribution in [-0.4, -0.2) is 49.0 Å². The number of halogens is 2. The number of carbonyl (C=O) groups excluding carboxylic acids is 1. The van der Waals surface area contributed by atoms with E-state index in [1.54, 1.807) is 43.5 Å². The summed E-state index contributed by atoms with van der Waals surface area (Å²) in [5.41, 5.74) is 15.5. The fourth-order valence-electron chi connectivity index (χ4n) is 4.28. The van der Waals surface area contributed by atoms with Crippen LogP contribution in [0.1, 0.15) is 56.5 Å². The van der Waals surface area contributed by atoms with Crippen molar-refractivity contribution in [1.29, 1.82) is 0 Å². The highest BCUT2D eigenvalue weighted by Gasteiger charge is 2.21. The molecule has 0 aliphatic carbocycles. The molecule has 2 aromatic carbocycles. The molecule has 10 heteroatoms. The number of methoxy groups -OCH3 is 1. The first kappa shape index (κ1) is 32.0. The van der Waals surface area contributed by atoms with Gasteiger partial charge in [0.25, 0.3) is 5.91 Å². The molecule has 6 N–H and O–H groups in total. The number of nitrogens with zero attached hydrogens (tertiary/aromatic N) is 2. The summed E-state index contributed by atoms with van der Waals surface area (Å²) in [5, 5.41) is 7.59. The molecule has 4 rings (SSSR count). The summed E-state index contributed by atoms with van der Waals surface area (Å²) >= 11 is 12.5. The molecule has 0 radical (unpaired) electrons. The van der Waals surface area contributed by atoms with E-state index in [2.05, 4.69) is 15.5 Å². The van der Waals surface area contributed by atoms with Gasteiger partial charge in [0.1, 0.15) is 17.4 Å². The first-order chi connectivity index (χ1) is 18.9. The van der Waals surface area contributed by atoms with Crippen LogP contribution in [0.25, 0.3) is 0 Å². The number of anilines is 1. The highest BCUT2D eigenvalue weighted by Crippen LogP contribution is 2.29. The predicted octanol–water partition coefficient (Wildman–Crippen LogP) is 5.74. The standard InChI is InChI=1S/C25H30Cl2N6O2.2C2H6/c1-35-22-13-16(25(34)32-9-2-3-10-32)4-7-20(22)31-23(28)14-21-24(29)30-8-11-33(21)15-17-12-18(26)5-6-19(17)27;2*1-2/h4-7,12-14,30-31H,2-3,8-11,15,28-29H2,1H3;2*1-2H3/b23-14+;;. The fourth-order valence-corrected chi connectivity index (χ4v) is 4.65. The minimum atomic E-state index is 0.0115. The number of benzene rings is 2. The van der Waals surface area contributed by atoms with E-state index in [-0.39, 0.29) is 5.91 Å². The Labute approximate surface area is 242 Å². The Balaban J connectivity index is 0.00000127. The lowest BCUT2D eigenvalue weighted by molar-refractivity contribution is 0.0792. The van der Waals surface area contributed by atoms with Gasteiger partial charge >= 0.3 is 0 Å². The molecule has 0 bridgehead atoms. The second-order valence-electron chi connectivity index (χ2n) is 8.52. The van der Waals surface area contributed by atoms with Gasteiger partial charge in [-0.3, -0.25) is 4.79 Å². The summed E-state index contributed by atoms with van der Waals surface area (Å²) in [6.45, 7) is 11.5. The molecule has 2 aliphatic heterocycles. The first-order valence-corrected chi connectivity index (χ1v) is 14.3. The van der Waals surface area contributed by atoms with Crippen LogP contribution in [0.5, 0.6) is 5.75 Å². The van der Waals surface area contributed by atoms with E-state index < -0.39 is 0 Å². The maximum Gasteiger partial charge on any atom is 0.253 e. The molecular formula is C29H42Cl2N6O2. The molecule has 0 aromatic heterocycles. The Hall–Kier alpha value is -3.23. The SMILES string of the molecule is CC.CC.COc1cc(C(=O)N2CCCC2)ccc1N/C(N)=C/C1=C(N)NCCN1Cc1cc(Cl)ccc1Cl. The van der Waals surface area contributed by atoms with Crippen molar-refractivity contribution in [1.82, 2.24) is 15.1 Å². The van der Waals surface area contributed by atoms with Crippen LogP contribution in [0, 0.1) is 0 Å². The zero-order valence-corrected chi connectivity index (χ0v) is 25.1. The molecular weight excluding hydrogens is 535 g/mol. The Morgan fingerprint density at radius 1 is 1.08 bits per heavy atom. The zero-order chi connectivity index (χ0) is 28.9. The molecule has 1 fully saturated rings. The minimum Gasteiger partial charge on any atom is -0.495 e. The van der Waals surface area contributed by atoms with Crippen LogP contribution < -0.4 is 26.8 Å². The smallest absolute Gasteiger partial charge is 0.253 e. The van der Waals surface area contributed by atoms with Crippen molar-refractivity contribution in [2.24, 2.45) is 11.5 Å². The second-order valence-corrected chi connectivity index (χ2v) is 9.37. The van der Waals surface area contributed by atoms with Crippen LogP contribution in [0.3, 0.4) is 0 Å². The van der Waals surface area contributed by atoms with Gasteiger partial charge in [-0.15, -0.1) is 0 Å². The van der Waals surface area contributed by atoms with Crippen LogP contribution >= 0.6 is 23.2 Å². The maximum atomic E-state index is 12.7. The van der Waals surface area contributed by atoms with Crippen molar-refractivity contribution in [3.05, 3.63) is 81.0 Å². The largest absolute Gasteiger partial charge is 0.495 e. The van der Waals surface area contributed by atoms with Crippen molar-refractivity contribution in [3.63, 3.8) is 0 Å². The third-order valence-corrected chi connectivity index (χ3v) is 6.70. The maximum absolute atomic E-state index is 12.7. The zero-order valence-electron chi connectivity index (χ0n) is 23.6. The molecule has 2 aromatic rings. The summed E-state index contributed by atoms with van der Waals surface area (Å²) in [7, 11) is 1.56. The van der Waals surface area contributed by atoms with E-state index in [0.717, 1.165) is 37.2 Å². The molecule has 1 saturated heterocycles. The topological polar surface area (TPSA) is 109 Å². The number of nitrogens with one attached hydrogen (secondary N) is 2. The first-order valence-electron chi connectivity index (χ1n) is 13.5. The molecule has 1 amide bonds. The minimum absolute atomic E-state index is 0.0115. The quantitative estimate of drug-likeness (QED) is 0.333. The summed E-state index contributed by atoms with van der Waals surface area (Å²) < 4.78 is 5.53. The Morgan fingerprint density at radius 3 is 2.44 bits per heavy atom. The van der Waals surface area contributed by atoms with E-state index in [9.17, 15) is 4.79 Å². The average Bonchev–Trinajstić information content (AvgIpc) is 3.50. The molecule has 214 valence electrons. The fraction of sp³-hybridized carbons (Fsp3) is 0.414. The van der Waals surface area contributed by atoms with Gasteiger partial charge < -0.3 is 36.6 Å². The van der Waals surface area contributed by atoms with Gasteiger partial charge in [-0.2, -0.15) is 0 Å². The number of allylic oxidation sites excluding steroid dienone is 1. The molecule has 0 saturated carbocycles. The molecule has 39 heavy (non-hydrogen) atoms. The molecule has 0 unspecified atom stereocenters. The lowest BCUT2D eigenvalue weighted by atomic mass is 10.1. The monoisotopic (exact) mass is 576 g/mol. The van der Waals surface area contributed by atoms with E-state index in [0.29, 0.717) is 58.3 Å². The van der Waals surface area contributed by atoms with Crippen LogP contribution in [-0.2, 0) is 6.54 Å². The third kappa shape index (κ3) is 8.63. The normalized spacial score (nSPS) is 15.0. The van der Waals surface area contributed by atoms with Crippen molar-refractivity contribution < 1.29 is 9.53 Å². The number of nitrogens with two attached hydrogens (primary N) is 2. The van der Waals surface area contributed by atoms with Gasteiger partial charge in [0.05, 0.1) is 18.5 Å². The van der Waals surface area contributed by atoms with Crippen molar-refractivity contribution in [2.45, 2.75) is 47.1 Å². The molecule has 2 aliphatic rings. The summed E-state index contributed by atoms with van der Waals surface area (Å²) in [4.78, 5) is 16.7. The van der Waals surface area contributed by atoms with Gasteiger partial charge in [-0.1, -0.05) is 50.9 Å². The number of hydrogen-bond donors (Lipinski definition) is 4. The Kier molecular flexibility index (Phi) is 13.1. The lowest BCUT2D eigenvalue weighted by Crippen LogP contribution is -2.41. The van der Waals surface area contributed by atoms with Crippen molar-refractivity contribution in [3.8, 4) is 5.75 Å². The molecule has 2 heterocycles. The van der Waals surface area contributed by atoms with Gasteiger partial charge in [0.15, 0.2) is 0 Å². The Morgan fingerprint density at radius 2 is 1.77 bits per heavy atom. The van der Waals surface area contributed by atoms with E-state index in [1.807, 2.05) is 38.7 Å². The molecule has 8 nitrogen and oxygen atoms in total. The summed E-state index contributed by atoms with van der Waals surface area (Å²) in [6.07, 6.45) is 3.85. The second kappa shape index (κ2) is 16.0. The van der Waals surface area contributed by atoms with Gasteiger partial charge in [0, 0.05) is 54.4 Å². The van der Waals surface area contributed by atoms with Crippen LogP contribution in [0.15, 0.2) is 59.8 Å². The van der Waals surface area contributed by atoms with Gasteiger partial charge in [0.2, 0.25) is 0 Å². The Bertz CT molecular complexity index is 1160. The highest BCUT2D eigenvalue weighted by molar-refractivity contribution is 6.33.